The third-order valence-corrected chi connectivity index (χ3v) is 3.72. The minimum absolute atomic E-state index is 0.164. The van der Waals surface area contributed by atoms with Gasteiger partial charge in [-0.3, -0.25) is 4.79 Å². The summed E-state index contributed by atoms with van der Waals surface area (Å²) in [5, 5.41) is 6.52. The van der Waals surface area contributed by atoms with Crippen molar-refractivity contribution in [1.29, 1.82) is 0 Å². The van der Waals surface area contributed by atoms with Gasteiger partial charge >= 0.3 is 0 Å². The predicted octanol–water partition coefficient (Wildman–Crippen LogP) is 2.17. The summed E-state index contributed by atoms with van der Waals surface area (Å²) in [5.41, 5.74) is 0.360. The Labute approximate surface area is 119 Å². The first kappa shape index (κ1) is 15.8. The number of hydrogen-bond donors (Lipinski definition) is 2. The van der Waals surface area contributed by atoms with Crippen molar-refractivity contribution in [2.75, 3.05) is 24.7 Å². The molecule has 0 radical (unpaired) electrons. The molecule has 1 heterocycles. The zero-order chi connectivity index (χ0) is 14.1. The second-order valence-electron chi connectivity index (χ2n) is 4.30. The van der Waals surface area contributed by atoms with Crippen LogP contribution in [0.3, 0.4) is 0 Å². The van der Waals surface area contributed by atoms with Gasteiger partial charge < -0.3 is 10.6 Å². The van der Waals surface area contributed by atoms with Crippen molar-refractivity contribution in [2.24, 2.45) is 0 Å². The van der Waals surface area contributed by atoms with Gasteiger partial charge in [-0.2, -0.15) is 11.8 Å². The number of carbonyl (C=O) groups excluding carboxylic acids is 1. The van der Waals surface area contributed by atoms with Crippen molar-refractivity contribution in [2.45, 2.75) is 31.9 Å². The van der Waals surface area contributed by atoms with Crippen LogP contribution in [0, 0.1) is 0 Å². The highest BCUT2D eigenvalue weighted by atomic mass is 32.2. The van der Waals surface area contributed by atoms with Crippen LogP contribution in [0.1, 0.15) is 37.2 Å². The van der Waals surface area contributed by atoms with E-state index in [0.717, 1.165) is 19.4 Å². The van der Waals surface area contributed by atoms with E-state index in [1.54, 1.807) is 18.0 Å². The van der Waals surface area contributed by atoms with E-state index in [-0.39, 0.29) is 5.91 Å². The van der Waals surface area contributed by atoms with E-state index in [4.69, 9.17) is 0 Å². The largest absolute Gasteiger partial charge is 0.369 e. The molecule has 0 saturated heterocycles. The van der Waals surface area contributed by atoms with Crippen molar-refractivity contribution >= 4 is 23.5 Å². The van der Waals surface area contributed by atoms with E-state index < -0.39 is 0 Å². The quantitative estimate of drug-likeness (QED) is 0.765. The van der Waals surface area contributed by atoms with E-state index in [2.05, 4.69) is 40.7 Å². The van der Waals surface area contributed by atoms with Gasteiger partial charge in [0, 0.05) is 18.3 Å². The van der Waals surface area contributed by atoms with Crippen LogP contribution < -0.4 is 10.6 Å². The highest BCUT2D eigenvalue weighted by Crippen LogP contribution is 2.08. The van der Waals surface area contributed by atoms with Crippen LogP contribution in [-0.2, 0) is 0 Å². The summed E-state index contributed by atoms with van der Waals surface area (Å²) in [5.74, 6) is 0.539. The van der Waals surface area contributed by atoms with E-state index in [9.17, 15) is 4.79 Å². The minimum Gasteiger partial charge on any atom is -0.369 e. The third-order valence-electron chi connectivity index (χ3n) is 2.68. The fourth-order valence-electron chi connectivity index (χ4n) is 1.39. The Morgan fingerprint density at radius 1 is 1.37 bits per heavy atom. The van der Waals surface area contributed by atoms with Gasteiger partial charge in [-0.05, 0) is 19.1 Å². The SMILES string of the molecule is CCCNc1cnc(C(=O)NCCC(C)SC)cn1. The third kappa shape index (κ3) is 5.92. The van der Waals surface area contributed by atoms with Crippen LogP contribution >= 0.6 is 11.8 Å². The summed E-state index contributed by atoms with van der Waals surface area (Å²) < 4.78 is 0. The summed E-state index contributed by atoms with van der Waals surface area (Å²) in [4.78, 5) is 20.1. The monoisotopic (exact) mass is 282 g/mol. The molecule has 1 amide bonds. The molecule has 1 unspecified atom stereocenters. The number of thioether (sulfide) groups is 1. The van der Waals surface area contributed by atoms with E-state index in [0.29, 0.717) is 23.3 Å². The Bertz CT molecular complexity index is 383. The molecule has 1 aromatic rings. The second kappa shape index (κ2) is 8.74. The van der Waals surface area contributed by atoms with Crippen molar-refractivity contribution in [3.8, 4) is 0 Å². The molecule has 0 fully saturated rings. The first-order valence-corrected chi connectivity index (χ1v) is 7.83. The van der Waals surface area contributed by atoms with Crippen molar-refractivity contribution in [3.63, 3.8) is 0 Å². The smallest absolute Gasteiger partial charge is 0.271 e. The number of carbonyl (C=O) groups is 1. The molecule has 1 atom stereocenters. The van der Waals surface area contributed by atoms with E-state index in [1.807, 2.05) is 0 Å². The standard InChI is InChI=1S/C13H22N4OS/c1-4-6-14-12-9-16-11(8-17-12)13(18)15-7-5-10(2)19-3/h8-10H,4-7H2,1-3H3,(H,14,17)(H,15,18). The van der Waals surface area contributed by atoms with Gasteiger partial charge in [0.25, 0.3) is 5.91 Å². The Morgan fingerprint density at radius 3 is 2.74 bits per heavy atom. The summed E-state index contributed by atoms with van der Waals surface area (Å²) in [6.07, 6.45) is 7.15. The molecule has 2 N–H and O–H groups in total. The number of aromatic nitrogens is 2. The van der Waals surface area contributed by atoms with Crippen LogP contribution in [0.25, 0.3) is 0 Å². The topological polar surface area (TPSA) is 66.9 Å². The lowest BCUT2D eigenvalue weighted by atomic mass is 10.3. The minimum atomic E-state index is -0.164. The van der Waals surface area contributed by atoms with E-state index >= 15 is 0 Å². The predicted molar refractivity (Wildman–Crippen MR) is 80.7 cm³/mol. The average molecular weight is 282 g/mol. The van der Waals surface area contributed by atoms with Gasteiger partial charge in [0.2, 0.25) is 0 Å². The molecule has 0 saturated carbocycles. The van der Waals surface area contributed by atoms with Gasteiger partial charge in [-0.15, -0.1) is 0 Å². The zero-order valence-corrected chi connectivity index (χ0v) is 12.6. The van der Waals surface area contributed by atoms with Gasteiger partial charge in [-0.25, -0.2) is 9.97 Å². The van der Waals surface area contributed by atoms with Gasteiger partial charge in [0.15, 0.2) is 0 Å². The van der Waals surface area contributed by atoms with Crippen LogP contribution in [0.4, 0.5) is 5.82 Å². The molecule has 0 bridgehead atoms. The van der Waals surface area contributed by atoms with Crippen LogP contribution in [0.5, 0.6) is 0 Å². The maximum absolute atomic E-state index is 11.8. The van der Waals surface area contributed by atoms with Crippen LogP contribution in [-0.4, -0.2) is 40.5 Å². The zero-order valence-electron chi connectivity index (χ0n) is 11.8. The maximum Gasteiger partial charge on any atom is 0.271 e. The number of nitrogens with zero attached hydrogens (tertiary/aromatic N) is 2. The van der Waals surface area contributed by atoms with Crippen molar-refractivity contribution in [1.82, 2.24) is 15.3 Å². The van der Waals surface area contributed by atoms with Gasteiger partial charge in [-0.1, -0.05) is 13.8 Å². The fraction of sp³-hybridized carbons (Fsp3) is 0.615. The number of hydrogen-bond acceptors (Lipinski definition) is 5. The second-order valence-corrected chi connectivity index (χ2v) is 5.58. The lowest BCUT2D eigenvalue weighted by Gasteiger charge is -2.09. The Hall–Kier alpha value is -1.30. The number of anilines is 1. The van der Waals surface area contributed by atoms with Crippen LogP contribution in [0.15, 0.2) is 12.4 Å². The molecule has 0 spiro atoms. The molecule has 19 heavy (non-hydrogen) atoms. The highest BCUT2D eigenvalue weighted by Gasteiger charge is 2.08. The fourth-order valence-corrected chi connectivity index (χ4v) is 1.74. The molecule has 106 valence electrons. The lowest BCUT2D eigenvalue weighted by Crippen LogP contribution is -2.27. The Morgan fingerprint density at radius 2 is 2.16 bits per heavy atom. The molecule has 6 heteroatoms. The Kier molecular flexibility index (Phi) is 7.25. The molecule has 0 aliphatic carbocycles. The van der Waals surface area contributed by atoms with E-state index in [1.165, 1.54) is 6.20 Å². The lowest BCUT2D eigenvalue weighted by molar-refractivity contribution is 0.0948. The molecule has 0 aliphatic rings. The van der Waals surface area contributed by atoms with Crippen molar-refractivity contribution in [3.05, 3.63) is 18.1 Å². The Balaban J connectivity index is 2.40. The number of nitrogens with one attached hydrogen (secondary N) is 2. The molecule has 1 rings (SSSR count). The molecule has 5 nitrogen and oxygen atoms in total. The molecule has 0 aromatic carbocycles. The summed E-state index contributed by atoms with van der Waals surface area (Å²) >= 11 is 1.79. The van der Waals surface area contributed by atoms with Gasteiger partial charge in [0.1, 0.15) is 11.5 Å². The summed E-state index contributed by atoms with van der Waals surface area (Å²) in [6.45, 7) is 5.74. The molecule has 1 aromatic heterocycles. The first-order chi connectivity index (χ1) is 9.17. The normalized spacial score (nSPS) is 11.9. The van der Waals surface area contributed by atoms with Crippen LogP contribution in [0.2, 0.25) is 0 Å². The van der Waals surface area contributed by atoms with Gasteiger partial charge in [0.05, 0.1) is 12.4 Å². The first-order valence-electron chi connectivity index (χ1n) is 6.54. The highest BCUT2D eigenvalue weighted by molar-refractivity contribution is 7.99. The summed E-state index contributed by atoms with van der Waals surface area (Å²) in [6, 6.07) is 0. The molecule has 0 aliphatic heterocycles. The van der Waals surface area contributed by atoms with Crippen molar-refractivity contribution < 1.29 is 4.79 Å². The average Bonchev–Trinajstić information content (AvgIpc) is 2.45. The summed E-state index contributed by atoms with van der Waals surface area (Å²) in [7, 11) is 0. The number of rotatable bonds is 8. The molecular formula is C13H22N4OS. The molecular weight excluding hydrogens is 260 g/mol. The number of amides is 1. The maximum atomic E-state index is 11.8.